The van der Waals surface area contributed by atoms with Crippen molar-refractivity contribution in [2.24, 2.45) is 5.92 Å². The maximum absolute atomic E-state index is 9.44. The quantitative estimate of drug-likeness (QED) is 0.765. The van der Waals surface area contributed by atoms with Crippen LogP contribution in [0.5, 0.6) is 0 Å². The number of carbonyl (C=O) groups excluding carboxylic acids is 1. The third kappa shape index (κ3) is 58.4. The molecule has 15 heavy (non-hydrogen) atoms. The number of aliphatic hydroxyl groups excluding tert-OH is 2. The predicted octanol–water partition coefficient (Wildman–Crippen LogP) is 2.40. The molecule has 0 spiro atoms. The molecule has 0 radical (unpaired) electrons. The zero-order valence-electron chi connectivity index (χ0n) is 10.9. The summed E-state index contributed by atoms with van der Waals surface area (Å²) in [5.41, 5.74) is 0. The summed E-state index contributed by atoms with van der Waals surface area (Å²) < 4.78 is 0. The van der Waals surface area contributed by atoms with Crippen LogP contribution in [-0.2, 0) is 4.79 Å². The molecular formula is C12H28O3. The summed E-state index contributed by atoms with van der Waals surface area (Å²) in [7, 11) is 0. The SMILES string of the molecule is CC(C)=O.CCC(C)CO.CCCCO. The molecule has 0 aromatic heterocycles. The largest absolute Gasteiger partial charge is 0.396 e. The minimum atomic E-state index is 0.167. The predicted molar refractivity (Wildman–Crippen MR) is 64.9 cm³/mol. The van der Waals surface area contributed by atoms with E-state index in [0.29, 0.717) is 19.1 Å². The van der Waals surface area contributed by atoms with Crippen molar-refractivity contribution in [1.82, 2.24) is 0 Å². The lowest BCUT2D eigenvalue weighted by Gasteiger charge is -1.98. The van der Waals surface area contributed by atoms with Crippen LogP contribution < -0.4 is 0 Å². The Morgan fingerprint density at radius 1 is 1.20 bits per heavy atom. The fourth-order valence-electron chi connectivity index (χ4n) is 0.287. The number of hydrogen-bond donors (Lipinski definition) is 2. The van der Waals surface area contributed by atoms with E-state index in [-0.39, 0.29) is 5.78 Å². The first-order valence-electron chi connectivity index (χ1n) is 5.64. The Hall–Kier alpha value is -0.410. The van der Waals surface area contributed by atoms with E-state index >= 15 is 0 Å². The van der Waals surface area contributed by atoms with Crippen molar-refractivity contribution in [3.63, 3.8) is 0 Å². The second-order valence-corrected chi connectivity index (χ2v) is 3.68. The molecule has 0 heterocycles. The van der Waals surface area contributed by atoms with Gasteiger partial charge in [0.15, 0.2) is 0 Å². The Morgan fingerprint density at radius 3 is 1.60 bits per heavy atom. The van der Waals surface area contributed by atoms with E-state index < -0.39 is 0 Å². The average Bonchev–Trinajstić information content (AvgIpc) is 2.18. The highest BCUT2D eigenvalue weighted by Gasteiger charge is 1.90. The molecule has 0 rings (SSSR count). The van der Waals surface area contributed by atoms with Crippen molar-refractivity contribution in [2.75, 3.05) is 13.2 Å². The second-order valence-electron chi connectivity index (χ2n) is 3.68. The van der Waals surface area contributed by atoms with E-state index in [1.54, 1.807) is 0 Å². The molecule has 3 nitrogen and oxygen atoms in total. The van der Waals surface area contributed by atoms with Crippen molar-refractivity contribution in [3.8, 4) is 0 Å². The molecule has 0 amide bonds. The number of rotatable bonds is 4. The lowest BCUT2D eigenvalue weighted by Crippen LogP contribution is -1.96. The second kappa shape index (κ2) is 19.2. The van der Waals surface area contributed by atoms with E-state index in [4.69, 9.17) is 10.2 Å². The van der Waals surface area contributed by atoms with Gasteiger partial charge in [-0.05, 0) is 26.2 Å². The zero-order valence-corrected chi connectivity index (χ0v) is 10.9. The van der Waals surface area contributed by atoms with Crippen LogP contribution >= 0.6 is 0 Å². The number of ketones is 1. The van der Waals surface area contributed by atoms with Gasteiger partial charge in [-0.25, -0.2) is 0 Å². The van der Waals surface area contributed by atoms with Crippen molar-refractivity contribution in [2.45, 2.75) is 53.9 Å². The average molecular weight is 220 g/mol. The Bertz CT molecular complexity index is 103. The molecule has 0 saturated carbocycles. The van der Waals surface area contributed by atoms with Gasteiger partial charge in [-0.3, -0.25) is 0 Å². The molecule has 2 N–H and O–H groups in total. The smallest absolute Gasteiger partial charge is 0.126 e. The van der Waals surface area contributed by atoms with Crippen LogP contribution in [0.4, 0.5) is 0 Å². The van der Waals surface area contributed by atoms with E-state index in [2.05, 4.69) is 13.8 Å². The summed E-state index contributed by atoms with van der Waals surface area (Å²) in [6.07, 6.45) is 3.12. The van der Waals surface area contributed by atoms with Gasteiger partial charge in [0.25, 0.3) is 0 Å². The summed E-state index contributed by atoms with van der Waals surface area (Å²) in [4.78, 5) is 9.44. The summed E-state index contributed by atoms with van der Waals surface area (Å²) in [6.45, 7) is 9.88. The number of hydrogen-bond acceptors (Lipinski definition) is 3. The Labute approximate surface area is 94.5 Å². The van der Waals surface area contributed by atoms with E-state index in [1.165, 1.54) is 13.8 Å². The molecule has 1 atom stereocenters. The molecule has 0 aromatic rings. The van der Waals surface area contributed by atoms with Gasteiger partial charge in [0.05, 0.1) is 0 Å². The van der Waals surface area contributed by atoms with Crippen LogP contribution in [0.15, 0.2) is 0 Å². The molecule has 0 fully saturated rings. The van der Waals surface area contributed by atoms with E-state index in [1.807, 2.05) is 6.92 Å². The molecule has 3 heteroatoms. The van der Waals surface area contributed by atoms with Crippen LogP contribution in [0.2, 0.25) is 0 Å². The third-order valence-electron chi connectivity index (χ3n) is 1.52. The molecule has 0 aromatic carbocycles. The van der Waals surface area contributed by atoms with Crippen LogP contribution in [0.1, 0.15) is 53.9 Å². The molecule has 1 unspecified atom stereocenters. The van der Waals surface area contributed by atoms with Gasteiger partial charge in [-0.2, -0.15) is 0 Å². The van der Waals surface area contributed by atoms with Gasteiger partial charge in [0, 0.05) is 13.2 Å². The van der Waals surface area contributed by atoms with Gasteiger partial charge >= 0.3 is 0 Å². The third-order valence-corrected chi connectivity index (χ3v) is 1.52. The summed E-state index contributed by atoms with van der Waals surface area (Å²) in [5, 5.41) is 16.4. The van der Waals surface area contributed by atoms with Crippen LogP contribution in [0.25, 0.3) is 0 Å². The maximum atomic E-state index is 9.44. The number of Topliss-reactive ketones (excluding diaryl/α,β-unsaturated/α-hetero) is 1. The van der Waals surface area contributed by atoms with Crippen molar-refractivity contribution >= 4 is 5.78 Å². The highest BCUT2D eigenvalue weighted by atomic mass is 16.3. The molecule has 0 bridgehead atoms. The molecular weight excluding hydrogens is 192 g/mol. The first-order valence-corrected chi connectivity index (χ1v) is 5.64. The zero-order chi connectivity index (χ0) is 12.7. The number of carbonyl (C=O) groups is 1. The number of unbranched alkanes of at least 4 members (excludes halogenated alkanes) is 1. The van der Waals surface area contributed by atoms with Crippen LogP contribution in [0, 0.1) is 5.92 Å². The fraction of sp³-hybridized carbons (Fsp3) is 0.917. The highest BCUT2D eigenvalue weighted by Crippen LogP contribution is 1.95. The molecule has 0 saturated heterocycles. The molecule has 0 aliphatic carbocycles. The van der Waals surface area contributed by atoms with Crippen molar-refractivity contribution in [3.05, 3.63) is 0 Å². The summed E-state index contributed by atoms with van der Waals surface area (Å²) in [6, 6.07) is 0. The highest BCUT2D eigenvalue weighted by molar-refractivity contribution is 5.72. The fourth-order valence-corrected chi connectivity index (χ4v) is 0.287. The first-order chi connectivity index (χ1) is 6.95. The van der Waals surface area contributed by atoms with Gasteiger partial charge in [-0.15, -0.1) is 0 Å². The summed E-state index contributed by atoms with van der Waals surface area (Å²) >= 11 is 0. The Balaban J connectivity index is -0.000000147. The van der Waals surface area contributed by atoms with Gasteiger partial charge in [0.1, 0.15) is 5.78 Å². The van der Waals surface area contributed by atoms with Crippen molar-refractivity contribution in [1.29, 1.82) is 0 Å². The normalized spacial score (nSPS) is 10.3. The lowest BCUT2D eigenvalue weighted by atomic mass is 10.1. The van der Waals surface area contributed by atoms with Crippen LogP contribution in [0.3, 0.4) is 0 Å². The van der Waals surface area contributed by atoms with E-state index in [0.717, 1.165) is 19.3 Å². The standard InChI is InChI=1S/C5H12O.C4H10O.C3H6O/c1-3-5(2)4-6;1-2-3-4-5;1-3(2)4/h5-6H,3-4H2,1-2H3;5H,2-4H2,1H3;1-2H3. The summed E-state index contributed by atoms with van der Waals surface area (Å²) in [5.74, 6) is 0.657. The topological polar surface area (TPSA) is 57.5 Å². The van der Waals surface area contributed by atoms with E-state index in [9.17, 15) is 4.79 Å². The Morgan fingerprint density at radius 2 is 1.60 bits per heavy atom. The van der Waals surface area contributed by atoms with Gasteiger partial charge in [-0.1, -0.05) is 33.6 Å². The van der Waals surface area contributed by atoms with Crippen LogP contribution in [-0.4, -0.2) is 29.2 Å². The van der Waals surface area contributed by atoms with Gasteiger partial charge < -0.3 is 15.0 Å². The Kier molecular flexibility index (Phi) is 25.7. The molecule has 94 valence electrons. The lowest BCUT2D eigenvalue weighted by molar-refractivity contribution is -0.114. The minimum absolute atomic E-state index is 0.167. The molecule has 0 aliphatic rings. The number of aliphatic hydroxyl groups is 2. The molecule has 0 aliphatic heterocycles. The maximum Gasteiger partial charge on any atom is 0.126 e. The minimum Gasteiger partial charge on any atom is -0.396 e. The van der Waals surface area contributed by atoms with Gasteiger partial charge in [0.2, 0.25) is 0 Å². The monoisotopic (exact) mass is 220 g/mol. The first kappa shape index (κ1) is 20.1. The van der Waals surface area contributed by atoms with Crippen molar-refractivity contribution < 1.29 is 15.0 Å².